The van der Waals surface area contributed by atoms with Crippen LogP contribution in [0.4, 0.5) is 0 Å². The molecule has 2 heteroatoms. The Kier molecular flexibility index (Phi) is 3.37. The standard InChI is InChI=1S/C6H10ClN/c1-6(7)4-5-8(2)3/h4-5H,1H2,2-3H3/b5-4-. The maximum absolute atomic E-state index is 5.41. The number of hydrogen-bond donors (Lipinski definition) is 0. The highest BCUT2D eigenvalue weighted by atomic mass is 35.5. The number of rotatable bonds is 2. The van der Waals surface area contributed by atoms with Crippen LogP contribution < -0.4 is 0 Å². The SMILES string of the molecule is C=C(Cl)/C=C\N(C)C. The van der Waals surface area contributed by atoms with E-state index < -0.39 is 0 Å². The van der Waals surface area contributed by atoms with Crippen LogP contribution in [0.2, 0.25) is 0 Å². The smallest absolute Gasteiger partial charge is 0.0348 e. The summed E-state index contributed by atoms with van der Waals surface area (Å²) in [5.41, 5.74) is 0. The minimum Gasteiger partial charge on any atom is -0.383 e. The summed E-state index contributed by atoms with van der Waals surface area (Å²) < 4.78 is 0. The van der Waals surface area contributed by atoms with Crippen molar-refractivity contribution >= 4 is 11.6 Å². The van der Waals surface area contributed by atoms with Crippen molar-refractivity contribution in [2.45, 2.75) is 0 Å². The Bertz CT molecular complexity index is 105. The molecule has 0 rings (SSSR count). The minimum absolute atomic E-state index is 0.554. The van der Waals surface area contributed by atoms with Crippen molar-refractivity contribution in [1.29, 1.82) is 0 Å². The highest BCUT2D eigenvalue weighted by molar-refractivity contribution is 6.30. The lowest BCUT2D eigenvalue weighted by Crippen LogP contribution is -1.99. The zero-order chi connectivity index (χ0) is 6.57. The van der Waals surface area contributed by atoms with Gasteiger partial charge in [-0.15, -0.1) is 0 Å². The topological polar surface area (TPSA) is 3.24 Å². The third kappa shape index (κ3) is 5.57. The molecule has 0 aliphatic rings. The fourth-order valence-corrected chi connectivity index (χ4v) is 0.286. The molecule has 0 spiro atoms. The zero-order valence-electron chi connectivity index (χ0n) is 5.19. The van der Waals surface area contributed by atoms with E-state index in [-0.39, 0.29) is 0 Å². The van der Waals surface area contributed by atoms with Gasteiger partial charge in [-0.25, -0.2) is 0 Å². The molecular formula is C6H10ClN. The summed E-state index contributed by atoms with van der Waals surface area (Å²) >= 11 is 5.41. The Balaban J connectivity index is 3.50. The molecule has 0 radical (unpaired) electrons. The quantitative estimate of drug-likeness (QED) is 0.517. The first-order valence-corrected chi connectivity index (χ1v) is 2.70. The van der Waals surface area contributed by atoms with Gasteiger partial charge in [0.2, 0.25) is 0 Å². The molecule has 0 bridgehead atoms. The molecule has 8 heavy (non-hydrogen) atoms. The van der Waals surface area contributed by atoms with Crippen LogP contribution >= 0.6 is 11.6 Å². The molecule has 46 valence electrons. The van der Waals surface area contributed by atoms with Crippen molar-refractivity contribution < 1.29 is 0 Å². The Morgan fingerprint density at radius 1 is 1.62 bits per heavy atom. The molecule has 0 fully saturated rings. The second kappa shape index (κ2) is 3.56. The largest absolute Gasteiger partial charge is 0.383 e. The van der Waals surface area contributed by atoms with Gasteiger partial charge in [0.1, 0.15) is 0 Å². The first kappa shape index (κ1) is 7.57. The van der Waals surface area contributed by atoms with Crippen LogP contribution in [0.25, 0.3) is 0 Å². The van der Waals surface area contributed by atoms with Gasteiger partial charge in [-0.3, -0.25) is 0 Å². The minimum atomic E-state index is 0.554. The van der Waals surface area contributed by atoms with Crippen LogP contribution in [-0.2, 0) is 0 Å². The predicted octanol–water partition coefficient (Wildman–Crippen LogP) is 1.81. The predicted molar refractivity (Wildman–Crippen MR) is 37.8 cm³/mol. The van der Waals surface area contributed by atoms with Gasteiger partial charge in [-0.2, -0.15) is 0 Å². The van der Waals surface area contributed by atoms with Crippen LogP contribution in [0.5, 0.6) is 0 Å². The summed E-state index contributed by atoms with van der Waals surface area (Å²) in [4.78, 5) is 1.90. The van der Waals surface area contributed by atoms with Gasteiger partial charge in [0.15, 0.2) is 0 Å². The van der Waals surface area contributed by atoms with E-state index in [1.54, 1.807) is 6.08 Å². The highest BCUT2D eigenvalue weighted by Gasteiger charge is 1.76. The molecule has 0 unspecified atom stereocenters. The Hall–Kier alpha value is -0.430. The summed E-state index contributed by atoms with van der Waals surface area (Å²) in [6, 6.07) is 0. The molecule has 0 saturated carbocycles. The number of allylic oxidation sites excluding steroid dienone is 2. The molecule has 0 aliphatic heterocycles. The van der Waals surface area contributed by atoms with E-state index in [9.17, 15) is 0 Å². The van der Waals surface area contributed by atoms with E-state index >= 15 is 0 Å². The van der Waals surface area contributed by atoms with Gasteiger partial charge in [-0.05, 0) is 12.3 Å². The number of hydrogen-bond acceptors (Lipinski definition) is 1. The van der Waals surface area contributed by atoms with Crippen molar-refractivity contribution in [3.05, 3.63) is 23.9 Å². The molecule has 0 heterocycles. The molecule has 0 aromatic rings. The fourth-order valence-electron chi connectivity index (χ4n) is 0.230. The Morgan fingerprint density at radius 2 is 2.12 bits per heavy atom. The molecule has 0 saturated heterocycles. The summed E-state index contributed by atoms with van der Waals surface area (Å²) in [6.45, 7) is 3.48. The van der Waals surface area contributed by atoms with Crippen molar-refractivity contribution in [3.8, 4) is 0 Å². The summed E-state index contributed by atoms with van der Waals surface area (Å²) in [6.07, 6.45) is 3.58. The third-order valence-corrected chi connectivity index (χ3v) is 0.680. The lowest BCUT2D eigenvalue weighted by atomic mass is 10.6. The van der Waals surface area contributed by atoms with E-state index in [1.165, 1.54) is 0 Å². The van der Waals surface area contributed by atoms with E-state index in [2.05, 4.69) is 6.58 Å². The first-order chi connectivity index (χ1) is 3.63. The van der Waals surface area contributed by atoms with Gasteiger partial charge < -0.3 is 4.90 Å². The van der Waals surface area contributed by atoms with Crippen LogP contribution in [0.1, 0.15) is 0 Å². The first-order valence-electron chi connectivity index (χ1n) is 2.32. The van der Waals surface area contributed by atoms with E-state index in [0.29, 0.717) is 5.03 Å². The number of halogens is 1. The second-order valence-electron chi connectivity index (χ2n) is 1.73. The summed E-state index contributed by atoms with van der Waals surface area (Å²) in [5.74, 6) is 0. The monoisotopic (exact) mass is 131 g/mol. The van der Waals surface area contributed by atoms with Crippen LogP contribution in [0, 0.1) is 0 Å². The lowest BCUT2D eigenvalue weighted by Gasteiger charge is -2.01. The van der Waals surface area contributed by atoms with Crippen LogP contribution in [0.15, 0.2) is 23.9 Å². The average Bonchev–Trinajstić information content (AvgIpc) is 1.61. The Labute approximate surface area is 55.2 Å². The molecular weight excluding hydrogens is 122 g/mol. The molecule has 0 aliphatic carbocycles. The van der Waals surface area contributed by atoms with Crippen LogP contribution in [0.3, 0.4) is 0 Å². The van der Waals surface area contributed by atoms with Gasteiger partial charge in [0.05, 0.1) is 0 Å². The summed E-state index contributed by atoms with van der Waals surface area (Å²) in [5, 5.41) is 0.554. The van der Waals surface area contributed by atoms with E-state index in [0.717, 1.165) is 0 Å². The second-order valence-corrected chi connectivity index (χ2v) is 2.21. The maximum atomic E-state index is 5.41. The van der Waals surface area contributed by atoms with Crippen molar-refractivity contribution in [3.63, 3.8) is 0 Å². The van der Waals surface area contributed by atoms with E-state index in [1.807, 2.05) is 25.2 Å². The van der Waals surface area contributed by atoms with Crippen molar-refractivity contribution in [2.24, 2.45) is 0 Å². The summed E-state index contributed by atoms with van der Waals surface area (Å²) in [7, 11) is 3.85. The van der Waals surface area contributed by atoms with Gasteiger partial charge in [0.25, 0.3) is 0 Å². The lowest BCUT2D eigenvalue weighted by molar-refractivity contribution is 0.564. The molecule has 0 atom stereocenters. The molecule has 0 aromatic heterocycles. The molecule has 1 nitrogen and oxygen atoms in total. The fraction of sp³-hybridized carbons (Fsp3) is 0.333. The zero-order valence-corrected chi connectivity index (χ0v) is 5.94. The van der Waals surface area contributed by atoms with Gasteiger partial charge in [0, 0.05) is 19.1 Å². The number of nitrogens with zero attached hydrogens (tertiary/aromatic N) is 1. The highest BCUT2D eigenvalue weighted by Crippen LogP contribution is 1.97. The maximum Gasteiger partial charge on any atom is 0.0348 e. The van der Waals surface area contributed by atoms with E-state index in [4.69, 9.17) is 11.6 Å². The average molecular weight is 132 g/mol. The van der Waals surface area contributed by atoms with Crippen molar-refractivity contribution in [2.75, 3.05) is 14.1 Å². The molecule has 0 aromatic carbocycles. The Morgan fingerprint density at radius 3 is 2.25 bits per heavy atom. The van der Waals surface area contributed by atoms with Gasteiger partial charge >= 0.3 is 0 Å². The van der Waals surface area contributed by atoms with Crippen molar-refractivity contribution in [1.82, 2.24) is 4.90 Å². The molecule has 0 amide bonds. The normalized spacial score (nSPS) is 9.88. The van der Waals surface area contributed by atoms with Gasteiger partial charge in [-0.1, -0.05) is 18.2 Å². The van der Waals surface area contributed by atoms with Crippen LogP contribution in [-0.4, -0.2) is 19.0 Å². The third-order valence-electron chi connectivity index (χ3n) is 0.554. The molecule has 0 N–H and O–H groups in total.